The fourth-order valence-corrected chi connectivity index (χ4v) is 5.08. The minimum atomic E-state index is -0.200. The molecule has 0 unspecified atom stereocenters. The third kappa shape index (κ3) is 5.45. The van der Waals surface area contributed by atoms with Crippen LogP contribution in [0.5, 0.6) is 5.75 Å². The number of hydrogen-bond donors (Lipinski definition) is 1. The van der Waals surface area contributed by atoms with E-state index >= 15 is 0 Å². The molecule has 0 bridgehead atoms. The molecule has 0 radical (unpaired) electrons. The van der Waals surface area contributed by atoms with E-state index in [-0.39, 0.29) is 5.91 Å². The van der Waals surface area contributed by atoms with Crippen LogP contribution in [-0.4, -0.2) is 11.1 Å². The van der Waals surface area contributed by atoms with E-state index in [4.69, 9.17) is 16.3 Å². The molecule has 4 nitrogen and oxygen atoms in total. The van der Waals surface area contributed by atoms with Crippen LogP contribution in [0.1, 0.15) is 16.7 Å². The molecule has 0 aliphatic carbocycles. The van der Waals surface area contributed by atoms with Gasteiger partial charge in [0.25, 0.3) is 5.91 Å². The number of ether oxygens (including phenoxy) is 1. The van der Waals surface area contributed by atoms with Gasteiger partial charge in [0.05, 0.1) is 10.6 Å². The molecule has 0 saturated carbocycles. The molecule has 1 saturated heterocycles. The van der Waals surface area contributed by atoms with Crippen LogP contribution in [0.15, 0.2) is 93.2 Å². The highest BCUT2D eigenvalue weighted by Crippen LogP contribution is 2.34. The number of thioether (sulfide) groups is 1. The molecule has 1 aliphatic heterocycles. The Morgan fingerprint density at radius 3 is 2.71 bits per heavy atom. The summed E-state index contributed by atoms with van der Waals surface area (Å²) in [5.74, 6) is 0.493. The maximum Gasteiger partial charge on any atom is 0.264 e. The van der Waals surface area contributed by atoms with Crippen LogP contribution in [0.2, 0.25) is 5.02 Å². The summed E-state index contributed by atoms with van der Waals surface area (Å²) >= 11 is 11.0. The Morgan fingerprint density at radius 2 is 1.86 bits per heavy atom. The lowest BCUT2D eigenvalue weighted by molar-refractivity contribution is -0.115. The van der Waals surface area contributed by atoms with E-state index in [0.717, 1.165) is 26.9 Å². The predicted molar refractivity (Wildman–Crippen MR) is 149 cm³/mol. The number of halogens is 2. The molecular formula is C28H20BrClN2O2S. The van der Waals surface area contributed by atoms with Gasteiger partial charge >= 0.3 is 0 Å². The summed E-state index contributed by atoms with van der Waals surface area (Å²) < 4.78 is 7.07. The van der Waals surface area contributed by atoms with Crippen molar-refractivity contribution in [2.45, 2.75) is 13.5 Å². The topological polar surface area (TPSA) is 50.7 Å². The Labute approximate surface area is 221 Å². The number of hydrogen-bond acceptors (Lipinski definition) is 4. The van der Waals surface area contributed by atoms with E-state index in [1.54, 1.807) is 0 Å². The second-order valence-electron chi connectivity index (χ2n) is 8.02. The molecule has 5 rings (SSSR count). The molecule has 1 amide bonds. The highest BCUT2D eigenvalue weighted by atomic mass is 79.9. The predicted octanol–water partition coefficient (Wildman–Crippen LogP) is 8.03. The Bertz CT molecular complexity index is 1520. The van der Waals surface area contributed by atoms with Gasteiger partial charge in [-0.2, -0.15) is 0 Å². The van der Waals surface area contributed by atoms with Crippen LogP contribution in [-0.2, 0) is 11.4 Å². The fourth-order valence-electron chi connectivity index (χ4n) is 3.70. The normalized spacial score (nSPS) is 15.7. The quantitative estimate of drug-likeness (QED) is 0.250. The maximum absolute atomic E-state index is 12.7. The average Bonchev–Trinajstić information content (AvgIpc) is 3.19. The van der Waals surface area contributed by atoms with Crippen molar-refractivity contribution in [3.05, 3.63) is 110 Å². The van der Waals surface area contributed by atoms with Crippen LogP contribution in [0, 0.1) is 6.92 Å². The zero-order chi connectivity index (χ0) is 24.4. The minimum absolute atomic E-state index is 0.200. The molecule has 4 aromatic rings. The van der Waals surface area contributed by atoms with Crippen molar-refractivity contribution < 1.29 is 9.53 Å². The Balaban J connectivity index is 1.38. The molecule has 7 heteroatoms. The number of carbonyl (C=O) groups excluding carboxylic acids is 1. The Morgan fingerprint density at radius 1 is 1.03 bits per heavy atom. The number of aliphatic imine (C=N–C) groups is 1. The summed E-state index contributed by atoms with van der Waals surface area (Å²) in [7, 11) is 0. The molecule has 0 aromatic heterocycles. The number of fused-ring (bicyclic) bond motifs is 1. The number of carbonyl (C=O) groups is 1. The van der Waals surface area contributed by atoms with Gasteiger partial charge in [-0.05, 0) is 83.1 Å². The molecule has 0 atom stereocenters. The Kier molecular flexibility index (Phi) is 6.95. The first-order valence-corrected chi connectivity index (χ1v) is 12.9. The van der Waals surface area contributed by atoms with Gasteiger partial charge in [0.1, 0.15) is 12.4 Å². The fraction of sp³-hybridized carbons (Fsp3) is 0.0714. The van der Waals surface area contributed by atoms with Gasteiger partial charge in [0.2, 0.25) is 0 Å². The van der Waals surface area contributed by atoms with Gasteiger partial charge in [-0.3, -0.25) is 4.79 Å². The van der Waals surface area contributed by atoms with Gasteiger partial charge in [0.15, 0.2) is 5.17 Å². The summed E-state index contributed by atoms with van der Waals surface area (Å²) in [6.07, 6.45) is 1.83. The first kappa shape index (κ1) is 23.7. The van der Waals surface area contributed by atoms with E-state index in [1.165, 1.54) is 22.5 Å². The summed E-state index contributed by atoms with van der Waals surface area (Å²) in [6, 6.07) is 25.8. The monoisotopic (exact) mass is 562 g/mol. The molecule has 35 heavy (non-hydrogen) atoms. The highest BCUT2D eigenvalue weighted by Gasteiger charge is 2.24. The molecule has 174 valence electrons. The Hall–Kier alpha value is -3.06. The lowest BCUT2D eigenvalue weighted by Crippen LogP contribution is -2.19. The van der Waals surface area contributed by atoms with Crippen LogP contribution in [0.4, 0.5) is 5.69 Å². The van der Waals surface area contributed by atoms with Crippen LogP contribution >= 0.6 is 39.3 Å². The van der Waals surface area contributed by atoms with E-state index < -0.39 is 0 Å². The molecule has 1 fully saturated rings. The number of nitrogens with one attached hydrogen (secondary N) is 1. The highest BCUT2D eigenvalue weighted by molar-refractivity contribution is 9.10. The molecule has 4 aromatic carbocycles. The van der Waals surface area contributed by atoms with Crippen molar-refractivity contribution >= 4 is 72.9 Å². The summed E-state index contributed by atoms with van der Waals surface area (Å²) in [4.78, 5) is 17.8. The van der Waals surface area contributed by atoms with Gasteiger partial charge in [-0.15, -0.1) is 0 Å². The third-order valence-corrected chi connectivity index (χ3v) is 7.39. The first-order chi connectivity index (χ1) is 17.0. The number of nitrogens with zero attached hydrogens (tertiary/aromatic N) is 1. The van der Waals surface area contributed by atoms with E-state index in [1.807, 2.05) is 61.5 Å². The minimum Gasteiger partial charge on any atom is -0.488 e. The van der Waals surface area contributed by atoms with Crippen molar-refractivity contribution in [3.8, 4) is 5.75 Å². The van der Waals surface area contributed by atoms with Crippen LogP contribution in [0.3, 0.4) is 0 Å². The summed E-state index contributed by atoms with van der Waals surface area (Å²) in [5.41, 5.74) is 3.47. The summed E-state index contributed by atoms with van der Waals surface area (Å²) in [6.45, 7) is 2.32. The molecule has 1 heterocycles. The molecule has 1 N–H and O–H groups in total. The number of benzene rings is 4. The van der Waals surface area contributed by atoms with E-state index in [2.05, 4.69) is 56.6 Å². The van der Waals surface area contributed by atoms with Crippen molar-refractivity contribution in [1.82, 2.24) is 5.32 Å². The second-order valence-corrected chi connectivity index (χ2v) is 10.4. The van der Waals surface area contributed by atoms with Gasteiger partial charge < -0.3 is 10.1 Å². The standard InChI is InChI=1S/C28H20BrClN2O2S/c1-17-23(30)7-4-8-24(17)31-28-32-27(33)26(35-28)15-21-14-22(29)11-12-25(21)34-16-18-9-10-19-5-2-3-6-20(19)13-18/h2-15H,16H2,1H3,(H,31,32,33)/b26-15+. The maximum atomic E-state index is 12.7. The average molecular weight is 564 g/mol. The van der Waals surface area contributed by atoms with Crippen molar-refractivity contribution in [2.75, 3.05) is 0 Å². The third-order valence-electron chi connectivity index (χ3n) is 5.58. The van der Waals surface area contributed by atoms with Gasteiger partial charge in [-0.25, -0.2) is 4.99 Å². The molecular weight excluding hydrogens is 544 g/mol. The van der Waals surface area contributed by atoms with E-state index in [9.17, 15) is 4.79 Å². The molecule has 0 spiro atoms. The lowest BCUT2D eigenvalue weighted by Gasteiger charge is -2.11. The zero-order valence-electron chi connectivity index (χ0n) is 18.7. The van der Waals surface area contributed by atoms with Crippen molar-refractivity contribution in [3.63, 3.8) is 0 Å². The lowest BCUT2D eigenvalue weighted by atomic mass is 10.1. The smallest absolute Gasteiger partial charge is 0.264 e. The van der Waals surface area contributed by atoms with Crippen LogP contribution in [0.25, 0.3) is 16.8 Å². The van der Waals surface area contributed by atoms with Gasteiger partial charge in [-0.1, -0.05) is 70.0 Å². The number of rotatable bonds is 5. The van der Waals surface area contributed by atoms with Gasteiger partial charge in [0, 0.05) is 15.1 Å². The largest absolute Gasteiger partial charge is 0.488 e. The SMILES string of the molecule is Cc1c(Cl)cccc1N=C1NC(=O)/C(=C\c2cc(Br)ccc2OCc2ccc3ccccc3c2)S1. The summed E-state index contributed by atoms with van der Waals surface area (Å²) in [5, 5.41) is 6.36. The van der Waals surface area contributed by atoms with Crippen molar-refractivity contribution in [1.29, 1.82) is 0 Å². The molecule has 1 aliphatic rings. The first-order valence-electron chi connectivity index (χ1n) is 10.9. The van der Waals surface area contributed by atoms with Crippen molar-refractivity contribution in [2.24, 2.45) is 4.99 Å². The van der Waals surface area contributed by atoms with E-state index in [0.29, 0.717) is 27.5 Å². The zero-order valence-corrected chi connectivity index (χ0v) is 21.9. The van der Waals surface area contributed by atoms with Crippen LogP contribution < -0.4 is 10.1 Å². The number of amides is 1. The second kappa shape index (κ2) is 10.3. The number of amidine groups is 1.